The van der Waals surface area contributed by atoms with E-state index in [9.17, 15) is 9.90 Å². The molecule has 0 atom stereocenters. The maximum absolute atomic E-state index is 12.2. The van der Waals surface area contributed by atoms with Crippen molar-refractivity contribution in [3.63, 3.8) is 0 Å². The van der Waals surface area contributed by atoms with Gasteiger partial charge in [0.05, 0.1) is 0 Å². The van der Waals surface area contributed by atoms with Crippen molar-refractivity contribution >= 4 is 16.6 Å². The minimum Gasteiger partial charge on any atom is -0.512 e. The molecule has 47 heavy (non-hydrogen) atoms. The third-order valence-electron chi connectivity index (χ3n) is 10.6. The van der Waals surface area contributed by atoms with Crippen molar-refractivity contribution in [2.24, 2.45) is 10.8 Å². The second-order valence-electron chi connectivity index (χ2n) is 14.5. The summed E-state index contributed by atoms with van der Waals surface area (Å²) in [6, 6.07) is 18.9. The molecule has 4 nitrogen and oxygen atoms in total. The molecule has 2 aromatic carbocycles. The predicted octanol–water partition coefficient (Wildman–Crippen LogP) is 11.1. The largest absolute Gasteiger partial charge is 0.512 e. The van der Waals surface area contributed by atoms with Crippen molar-refractivity contribution in [1.82, 2.24) is 9.97 Å². The Labute approximate surface area is 296 Å². The Morgan fingerprint density at radius 3 is 2.13 bits per heavy atom. The van der Waals surface area contributed by atoms with Crippen LogP contribution in [0.1, 0.15) is 110 Å². The van der Waals surface area contributed by atoms with E-state index in [0.29, 0.717) is 0 Å². The van der Waals surface area contributed by atoms with Crippen LogP contribution in [0.4, 0.5) is 0 Å². The molecule has 0 saturated carbocycles. The Morgan fingerprint density at radius 2 is 1.51 bits per heavy atom. The quantitative estimate of drug-likeness (QED) is 0.109. The van der Waals surface area contributed by atoms with Crippen molar-refractivity contribution < 1.29 is 30.0 Å². The first-order chi connectivity index (χ1) is 21.7. The molecule has 5 rings (SSSR count). The van der Waals surface area contributed by atoms with Gasteiger partial charge in [-0.15, -0.1) is 29.1 Å². The maximum atomic E-state index is 12.2. The Balaban J connectivity index is 0.000000290. The molecule has 1 aliphatic rings. The number of benzene rings is 2. The summed E-state index contributed by atoms with van der Waals surface area (Å²) in [5, 5.41) is 12.6. The van der Waals surface area contributed by atoms with Crippen LogP contribution in [-0.4, -0.2) is 20.9 Å². The van der Waals surface area contributed by atoms with Gasteiger partial charge in [-0.05, 0) is 79.7 Å². The molecule has 0 aliphatic heterocycles. The standard InChI is InChI=1S/C27H25N2.C15H28O2.Ir/c1-17-13-19-9-10-23-22(24(19)16-29-17)11-12-28-26(23)20-14-18-7-5-6-8-21(18)25(15-20)27(2,3)4;1-7-14(5,8-2)12(16)11-13(17)15(6,9-3)10-4;/h5-8,11-13,15-16H,9-10H2,1-4H3;11,16H,7-10H2,1-6H3;/q-1;;/b;12-11-;. The van der Waals surface area contributed by atoms with E-state index in [-0.39, 0.29) is 47.9 Å². The maximum Gasteiger partial charge on any atom is 0.164 e. The molecular weight excluding hydrogens is 757 g/mol. The second kappa shape index (κ2) is 15.4. The molecular formula is C42H53IrN2O2-. The minimum absolute atomic E-state index is 0. The van der Waals surface area contributed by atoms with Gasteiger partial charge in [-0.25, -0.2) is 0 Å². The van der Waals surface area contributed by atoms with Crippen LogP contribution in [0, 0.1) is 23.8 Å². The molecule has 253 valence electrons. The van der Waals surface area contributed by atoms with E-state index >= 15 is 0 Å². The van der Waals surface area contributed by atoms with Crippen molar-refractivity contribution in [3.8, 4) is 22.4 Å². The fraction of sp³-hybridized carbons (Fsp3) is 0.452. The van der Waals surface area contributed by atoms with Gasteiger partial charge in [0.25, 0.3) is 0 Å². The number of aliphatic hydroxyl groups excluding tert-OH is 1. The number of aromatic nitrogens is 2. The van der Waals surface area contributed by atoms with Crippen LogP contribution < -0.4 is 0 Å². The van der Waals surface area contributed by atoms with Gasteiger partial charge in [-0.3, -0.25) is 14.8 Å². The average Bonchev–Trinajstić information content (AvgIpc) is 3.06. The van der Waals surface area contributed by atoms with E-state index in [4.69, 9.17) is 4.98 Å². The van der Waals surface area contributed by atoms with Crippen molar-refractivity contribution in [2.75, 3.05) is 0 Å². The van der Waals surface area contributed by atoms with E-state index < -0.39 is 0 Å². The summed E-state index contributed by atoms with van der Waals surface area (Å²) in [6.07, 6.45) is 10.7. The number of fused-ring (bicyclic) bond motifs is 4. The fourth-order valence-electron chi connectivity index (χ4n) is 6.22. The van der Waals surface area contributed by atoms with Gasteiger partial charge in [-0.2, -0.15) is 0 Å². The van der Waals surface area contributed by atoms with Gasteiger partial charge < -0.3 is 5.11 Å². The van der Waals surface area contributed by atoms with E-state index in [0.717, 1.165) is 60.9 Å². The fourth-order valence-corrected chi connectivity index (χ4v) is 6.22. The number of hydrogen-bond acceptors (Lipinski definition) is 4. The normalized spacial score (nSPS) is 13.2. The van der Waals surface area contributed by atoms with E-state index in [1.165, 1.54) is 39.3 Å². The average molecular weight is 810 g/mol. The molecule has 2 heterocycles. The Kier molecular flexibility index (Phi) is 12.5. The molecule has 4 aromatic rings. The van der Waals surface area contributed by atoms with Gasteiger partial charge in [0, 0.05) is 66.4 Å². The zero-order chi connectivity index (χ0) is 33.9. The Hall–Kier alpha value is -3.14. The van der Waals surface area contributed by atoms with Gasteiger partial charge in [0.1, 0.15) is 5.76 Å². The summed E-state index contributed by atoms with van der Waals surface area (Å²) in [5.41, 5.74) is 9.24. The first-order valence-electron chi connectivity index (χ1n) is 17.1. The first-order valence-corrected chi connectivity index (χ1v) is 17.1. The molecule has 0 unspecified atom stereocenters. The summed E-state index contributed by atoms with van der Waals surface area (Å²) >= 11 is 0. The first kappa shape index (κ1) is 38.3. The van der Waals surface area contributed by atoms with Crippen molar-refractivity contribution in [2.45, 2.75) is 113 Å². The van der Waals surface area contributed by atoms with Gasteiger partial charge in [-0.1, -0.05) is 91.5 Å². The van der Waals surface area contributed by atoms with Gasteiger partial charge in [0.2, 0.25) is 0 Å². The molecule has 1 aliphatic carbocycles. The van der Waals surface area contributed by atoms with Crippen LogP contribution in [0.2, 0.25) is 0 Å². The smallest absolute Gasteiger partial charge is 0.164 e. The van der Waals surface area contributed by atoms with Crippen molar-refractivity contribution in [3.05, 3.63) is 95.1 Å². The molecule has 1 radical (unpaired) electrons. The Morgan fingerprint density at radius 1 is 0.872 bits per heavy atom. The summed E-state index contributed by atoms with van der Waals surface area (Å²) < 4.78 is 0. The van der Waals surface area contributed by atoms with Crippen LogP contribution >= 0.6 is 0 Å². The number of ketones is 1. The van der Waals surface area contributed by atoms with Crippen LogP contribution in [0.15, 0.2) is 66.7 Å². The number of carbonyl (C=O) groups is 1. The number of pyridine rings is 2. The van der Waals surface area contributed by atoms with Crippen LogP contribution in [0.25, 0.3) is 33.2 Å². The SMILES string of the molecule is CCC(C)(CC)C(=O)/C=C(\O)C(C)(CC)CC.Cc1cc2c(cn1)-c1ccnc(-c3[c-]c4ccccc4c(C(C)(C)C)c3)c1CC2.[Ir]. The zero-order valence-corrected chi connectivity index (χ0v) is 32.5. The summed E-state index contributed by atoms with van der Waals surface area (Å²) in [7, 11) is 0. The molecule has 0 bridgehead atoms. The van der Waals surface area contributed by atoms with Crippen LogP contribution in [-0.2, 0) is 43.2 Å². The third-order valence-corrected chi connectivity index (χ3v) is 10.6. The van der Waals surface area contributed by atoms with Crippen LogP contribution in [0.3, 0.4) is 0 Å². The number of hydrogen-bond donors (Lipinski definition) is 1. The Bertz CT molecular complexity index is 1740. The predicted molar refractivity (Wildman–Crippen MR) is 193 cm³/mol. The summed E-state index contributed by atoms with van der Waals surface area (Å²) in [6.45, 7) is 21.0. The van der Waals surface area contributed by atoms with E-state index in [1.807, 2.05) is 53.9 Å². The summed E-state index contributed by atoms with van der Waals surface area (Å²) in [4.78, 5) is 21.6. The molecule has 0 amide bonds. The number of carbonyl (C=O) groups excluding carboxylic acids is 1. The number of allylic oxidation sites excluding steroid dienone is 2. The number of nitrogens with zero attached hydrogens (tertiary/aromatic N) is 2. The third kappa shape index (κ3) is 8.12. The number of rotatable bonds is 8. The topological polar surface area (TPSA) is 63.1 Å². The molecule has 2 aromatic heterocycles. The molecule has 5 heteroatoms. The number of aliphatic hydroxyl groups is 1. The molecule has 1 N–H and O–H groups in total. The second-order valence-corrected chi connectivity index (χ2v) is 14.5. The number of aryl methyl sites for hydroxylation is 2. The van der Waals surface area contributed by atoms with Gasteiger partial charge in [0.15, 0.2) is 5.78 Å². The molecule has 0 fully saturated rings. The van der Waals surface area contributed by atoms with Crippen LogP contribution in [0.5, 0.6) is 0 Å². The monoisotopic (exact) mass is 810 g/mol. The minimum atomic E-state index is -0.337. The molecule has 0 spiro atoms. The molecule has 0 saturated heterocycles. The van der Waals surface area contributed by atoms with Crippen molar-refractivity contribution in [1.29, 1.82) is 0 Å². The summed E-state index contributed by atoms with van der Waals surface area (Å²) in [5.74, 6) is 0.286. The van der Waals surface area contributed by atoms with E-state index in [1.54, 1.807) is 0 Å². The zero-order valence-electron chi connectivity index (χ0n) is 30.1. The van der Waals surface area contributed by atoms with E-state index in [2.05, 4.69) is 81.2 Å². The van der Waals surface area contributed by atoms with Gasteiger partial charge >= 0.3 is 0 Å².